The van der Waals surface area contributed by atoms with Gasteiger partial charge < -0.3 is 15.2 Å². The molecule has 2 N–H and O–H groups in total. The number of nitrogens with one attached hydrogen (secondary N) is 1. The van der Waals surface area contributed by atoms with Crippen molar-refractivity contribution in [1.82, 2.24) is 5.32 Å². The number of carbonyl (C=O) groups is 2. The first-order valence-electron chi connectivity index (χ1n) is 6.32. The van der Waals surface area contributed by atoms with Crippen LogP contribution >= 0.6 is 0 Å². The van der Waals surface area contributed by atoms with E-state index in [2.05, 4.69) is 5.32 Å². The van der Waals surface area contributed by atoms with Crippen LogP contribution in [0.4, 0.5) is 0 Å². The monoisotopic (exact) mass is 265 g/mol. The predicted octanol–water partition coefficient (Wildman–Crippen LogP) is 1.72. The summed E-state index contributed by atoms with van der Waals surface area (Å²) >= 11 is 0. The van der Waals surface area contributed by atoms with Crippen LogP contribution in [-0.4, -0.2) is 36.6 Å². The molecule has 5 nitrogen and oxygen atoms in total. The van der Waals surface area contributed by atoms with Gasteiger partial charge in [0.25, 0.3) is 0 Å². The lowest BCUT2D eigenvalue weighted by molar-refractivity contribution is -0.136. The molecule has 0 saturated carbocycles. The number of hydrogen-bond donors (Lipinski definition) is 2. The van der Waals surface area contributed by atoms with Crippen molar-refractivity contribution in [3.63, 3.8) is 0 Å². The van der Waals surface area contributed by atoms with Gasteiger partial charge in [0.05, 0.1) is 19.6 Å². The van der Waals surface area contributed by atoms with Crippen LogP contribution in [0.25, 0.3) is 0 Å². The van der Waals surface area contributed by atoms with Crippen molar-refractivity contribution in [3.05, 3.63) is 29.8 Å². The Bertz CT molecular complexity index is 414. The minimum atomic E-state index is -0.877. The summed E-state index contributed by atoms with van der Waals surface area (Å²) in [5.74, 6) is -0.193. The molecule has 1 aromatic carbocycles. The highest BCUT2D eigenvalue weighted by Crippen LogP contribution is 2.12. The summed E-state index contributed by atoms with van der Waals surface area (Å²) in [7, 11) is 0. The molecule has 1 aromatic rings. The fourth-order valence-corrected chi connectivity index (χ4v) is 1.46. The van der Waals surface area contributed by atoms with Crippen molar-refractivity contribution in [2.75, 3.05) is 19.7 Å². The summed E-state index contributed by atoms with van der Waals surface area (Å²) in [6, 6.07) is 6.96. The molecule has 0 bridgehead atoms. The lowest BCUT2D eigenvalue weighted by Gasteiger charge is -2.06. The number of carboxylic acids is 1. The molecule has 5 heteroatoms. The zero-order valence-electron chi connectivity index (χ0n) is 11.0. The Morgan fingerprint density at radius 3 is 2.53 bits per heavy atom. The first kappa shape index (κ1) is 15.2. The topological polar surface area (TPSA) is 75.6 Å². The minimum Gasteiger partial charge on any atom is -0.494 e. The summed E-state index contributed by atoms with van der Waals surface area (Å²) in [4.78, 5) is 22.1. The fourth-order valence-electron chi connectivity index (χ4n) is 1.46. The van der Waals surface area contributed by atoms with Gasteiger partial charge in [-0.15, -0.1) is 0 Å². The smallest absolute Gasteiger partial charge is 0.304 e. The molecule has 0 atom stereocenters. The van der Waals surface area contributed by atoms with E-state index in [0.717, 1.165) is 12.2 Å². The lowest BCUT2D eigenvalue weighted by atomic mass is 10.1. The number of carboxylic acid groups (broad SMARTS) is 1. The fraction of sp³-hybridized carbons (Fsp3) is 0.429. The van der Waals surface area contributed by atoms with Gasteiger partial charge in [0, 0.05) is 12.1 Å². The molecule has 0 spiro atoms. The Labute approximate surface area is 112 Å². The van der Waals surface area contributed by atoms with Crippen LogP contribution in [0.1, 0.15) is 30.1 Å². The normalized spacial score (nSPS) is 10.2. The Hall–Kier alpha value is -1.88. The Kier molecular flexibility index (Phi) is 6.60. The van der Waals surface area contributed by atoms with Crippen LogP contribution in [0.3, 0.4) is 0 Å². The van der Waals surface area contributed by atoms with E-state index < -0.39 is 5.97 Å². The van der Waals surface area contributed by atoms with Crippen molar-refractivity contribution in [3.8, 4) is 5.75 Å². The Balaban J connectivity index is 2.37. The third-order valence-corrected chi connectivity index (χ3v) is 2.45. The predicted molar refractivity (Wildman–Crippen MR) is 71.7 cm³/mol. The summed E-state index contributed by atoms with van der Waals surface area (Å²) < 4.78 is 5.42. The standard InChI is InChI=1S/C14H19NO4/c1-2-9-19-12-5-3-11(4-6-12)13(16)10-15-8-7-14(17)18/h3-6,15H,2,7-10H2,1H3,(H,17,18). The van der Waals surface area contributed by atoms with Crippen LogP contribution < -0.4 is 10.1 Å². The molecule has 19 heavy (non-hydrogen) atoms. The summed E-state index contributed by atoms with van der Waals surface area (Å²) in [6.45, 7) is 3.12. The van der Waals surface area contributed by atoms with E-state index in [-0.39, 0.29) is 18.7 Å². The molecule has 0 saturated heterocycles. The van der Waals surface area contributed by atoms with Gasteiger partial charge in [0.1, 0.15) is 5.75 Å². The van der Waals surface area contributed by atoms with Gasteiger partial charge >= 0.3 is 5.97 Å². The van der Waals surface area contributed by atoms with E-state index in [1.165, 1.54) is 0 Å². The quantitative estimate of drug-likeness (QED) is 0.525. The molecule has 0 aromatic heterocycles. The molecule has 0 amide bonds. The van der Waals surface area contributed by atoms with E-state index in [4.69, 9.17) is 9.84 Å². The van der Waals surface area contributed by atoms with Crippen molar-refractivity contribution >= 4 is 11.8 Å². The molecule has 1 rings (SSSR count). The molecule has 0 heterocycles. The Morgan fingerprint density at radius 1 is 1.26 bits per heavy atom. The minimum absolute atomic E-state index is 0.0110. The third-order valence-electron chi connectivity index (χ3n) is 2.45. The zero-order chi connectivity index (χ0) is 14.1. The second-order valence-corrected chi connectivity index (χ2v) is 4.12. The third kappa shape index (κ3) is 6.01. The molecule has 104 valence electrons. The van der Waals surface area contributed by atoms with E-state index in [9.17, 15) is 9.59 Å². The zero-order valence-corrected chi connectivity index (χ0v) is 11.0. The van der Waals surface area contributed by atoms with Crippen molar-refractivity contribution in [1.29, 1.82) is 0 Å². The summed E-state index contributed by atoms with van der Waals surface area (Å²) in [5, 5.41) is 11.3. The van der Waals surface area contributed by atoms with E-state index in [1.54, 1.807) is 24.3 Å². The number of rotatable bonds is 9. The highest BCUT2D eigenvalue weighted by molar-refractivity contribution is 5.97. The highest BCUT2D eigenvalue weighted by Gasteiger charge is 2.06. The van der Waals surface area contributed by atoms with Crippen LogP contribution in [0.5, 0.6) is 5.75 Å². The number of Topliss-reactive ketones (excluding diaryl/α,β-unsaturated/α-hetero) is 1. The van der Waals surface area contributed by atoms with Crippen LogP contribution in [0.15, 0.2) is 24.3 Å². The number of ether oxygens (including phenoxy) is 1. The number of ketones is 1. The maximum Gasteiger partial charge on any atom is 0.304 e. The van der Waals surface area contributed by atoms with Gasteiger partial charge in [-0.1, -0.05) is 6.92 Å². The van der Waals surface area contributed by atoms with E-state index >= 15 is 0 Å². The molecule has 0 aliphatic heterocycles. The molecular formula is C14H19NO4. The van der Waals surface area contributed by atoms with Crippen molar-refractivity contribution in [2.45, 2.75) is 19.8 Å². The first-order valence-corrected chi connectivity index (χ1v) is 6.32. The van der Waals surface area contributed by atoms with Crippen molar-refractivity contribution < 1.29 is 19.4 Å². The van der Waals surface area contributed by atoms with Crippen LogP contribution in [-0.2, 0) is 4.79 Å². The van der Waals surface area contributed by atoms with Gasteiger partial charge in [0.2, 0.25) is 0 Å². The second-order valence-electron chi connectivity index (χ2n) is 4.12. The van der Waals surface area contributed by atoms with Crippen LogP contribution in [0.2, 0.25) is 0 Å². The molecule has 0 aliphatic rings. The number of carbonyl (C=O) groups excluding carboxylic acids is 1. The summed E-state index contributed by atoms with van der Waals surface area (Å²) in [5.41, 5.74) is 0.590. The lowest BCUT2D eigenvalue weighted by Crippen LogP contribution is -2.25. The maximum absolute atomic E-state index is 11.8. The van der Waals surface area contributed by atoms with Gasteiger partial charge in [-0.25, -0.2) is 0 Å². The van der Waals surface area contributed by atoms with E-state index in [0.29, 0.717) is 18.7 Å². The summed E-state index contributed by atoms with van der Waals surface area (Å²) in [6.07, 6.45) is 0.950. The molecule has 0 fully saturated rings. The average molecular weight is 265 g/mol. The van der Waals surface area contributed by atoms with Crippen molar-refractivity contribution in [2.24, 2.45) is 0 Å². The first-order chi connectivity index (χ1) is 9.13. The molecule has 0 unspecified atom stereocenters. The highest BCUT2D eigenvalue weighted by atomic mass is 16.5. The average Bonchev–Trinajstić information content (AvgIpc) is 2.41. The molecule has 0 radical (unpaired) electrons. The Morgan fingerprint density at radius 2 is 1.95 bits per heavy atom. The largest absolute Gasteiger partial charge is 0.494 e. The number of hydrogen-bond acceptors (Lipinski definition) is 4. The van der Waals surface area contributed by atoms with Gasteiger partial charge in [0.15, 0.2) is 5.78 Å². The van der Waals surface area contributed by atoms with Crippen LogP contribution in [0, 0.1) is 0 Å². The molecular weight excluding hydrogens is 246 g/mol. The van der Waals surface area contributed by atoms with Gasteiger partial charge in [-0.3, -0.25) is 9.59 Å². The van der Waals surface area contributed by atoms with Gasteiger partial charge in [-0.2, -0.15) is 0 Å². The number of benzene rings is 1. The maximum atomic E-state index is 11.8. The second kappa shape index (κ2) is 8.26. The SMILES string of the molecule is CCCOc1ccc(C(=O)CNCCC(=O)O)cc1. The number of aliphatic carboxylic acids is 1. The molecule has 0 aliphatic carbocycles. The van der Waals surface area contributed by atoms with Gasteiger partial charge in [-0.05, 0) is 30.7 Å². The van der Waals surface area contributed by atoms with E-state index in [1.807, 2.05) is 6.92 Å².